The molecule has 1 amide bonds. The Labute approximate surface area is 132 Å². The number of carbonyl (C=O) groups excluding carboxylic acids is 1. The summed E-state index contributed by atoms with van der Waals surface area (Å²) in [7, 11) is 1.61. The van der Waals surface area contributed by atoms with E-state index in [2.05, 4.69) is 10.3 Å². The summed E-state index contributed by atoms with van der Waals surface area (Å²) in [4.78, 5) is 17.7. The molecule has 2 aromatic heterocycles. The lowest BCUT2D eigenvalue weighted by molar-refractivity contribution is 0.0933. The monoisotopic (exact) mass is 315 g/mol. The molecule has 1 N–H and O–H groups in total. The summed E-state index contributed by atoms with van der Waals surface area (Å²) in [6, 6.07) is 8.10. The standard InChI is InChI=1S/C16H17N3O2S/c1-11-3-5-12(6-4-11)14-13(15(20)17-7-9-21-2)18-16-19(14)8-10-22-16/h3-6,8,10H,7,9H2,1-2H3,(H,17,20). The molecule has 0 aliphatic carbocycles. The molecule has 0 fully saturated rings. The number of fused-ring (bicyclic) bond motifs is 1. The van der Waals surface area contributed by atoms with Crippen LogP contribution in [-0.2, 0) is 4.74 Å². The Morgan fingerprint density at radius 2 is 2.14 bits per heavy atom. The molecule has 0 aliphatic rings. The number of benzene rings is 1. The molecule has 3 aromatic rings. The van der Waals surface area contributed by atoms with Gasteiger partial charge < -0.3 is 10.1 Å². The normalized spacial score (nSPS) is 11.0. The molecule has 6 heteroatoms. The van der Waals surface area contributed by atoms with Crippen molar-refractivity contribution in [3.63, 3.8) is 0 Å². The maximum Gasteiger partial charge on any atom is 0.272 e. The van der Waals surface area contributed by atoms with Gasteiger partial charge in [0.2, 0.25) is 0 Å². The SMILES string of the molecule is COCCNC(=O)c1nc2sccn2c1-c1ccc(C)cc1. The molecule has 5 nitrogen and oxygen atoms in total. The van der Waals surface area contributed by atoms with Crippen molar-refractivity contribution >= 4 is 22.2 Å². The first kappa shape index (κ1) is 14.7. The number of nitrogens with one attached hydrogen (secondary N) is 1. The molecular formula is C16H17N3O2S. The minimum atomic E-state index is -0.177. The van der Waals surface area contributed by atoms with E-state index in [9.17, 15) is 4.79 Å². The van der Waals surface area contributed by atoms with Gasteiger partial charge in [-0.05, 0) is 6.92 Å². The van der Waals surface area contributed by atoms with E-state index in [1.54, 1.807) is 7.11 Å². The predicted molar refractivity (Wildman–Crippen MR) is 87.5 cm³/mol. The third-order valence-corrected chi connectivity index (χ3v) is 4.15. The third-order valence-electron chi connectivity index (χ3n) is 3.39. The molecule has 0 unspecified atom stereocenters. The minimum Gasteiger partial charge on any atom is -0.383 e. The summed E-state index contributed by atoms with van der Waals surface area (Å²) in [5, 5.41) is 4.80. The summed E-state index contributed by atoms with van der Waals surface area (Å²) in [5.74, 6) is -0.177. The number of imidazole rings is 1. The zero-order chi connectivity index (χ0) is 15.5. The maximum atomic E-state index is 12.4. The topological polar surface area (TPSA) is 55.6 Å². The molecule has 0 bridgehead atoms. The zero-order valence-electron chi connectivity index (χ0n) is 12.5. The van der Waals surface area contributed by atoms with E-state index in [0.29, 0.717) is 18.8 Å². The van der Waals surface area contributed by atoms with E-state index in [-0.39, 0.29) is 5.91 Å². The number of hydrogen-bond donors (Lipinski definition) is 1. The molecule has 0 atom stereocenters. The van der Waals surface area contributed by atoms with Gasteiger partial charge in [0.25, 0.3) is 5.91 Å². The molecule has 0 radical (unpaired) electrons. The van der Waals surface area contributed by atoms with Crippen molar-refractivity contribution in [3.05, 3.63) is 47.1 Å². The van der Waals surface area contributed by atoms with Gasteiger partial charge in [-0.1, -0.05) is 29.8 Å². The van der Waals surface area contributed by atoms with Gasteiger partial charge in [0.05, 0.1) is 12.3 Å². The fraction of sp³-hybridized carbons (Fsp3) is 0.250. The Kier molecular flexibility index (Phi) is 4.22. The van der Waals surface area contributed by atoms with Crippen molar-refractivity contribution in [2.75, 3.05) is 20.3 Å². The van der Waals surface area contributed by atoms with Gasteiger partial charge in [-0.2, -0.15) is 0 Å². The van der Waals surface area contributed by atoms with Crippen LogP contribution in [0.15, 0.2) is 35.8 Å². The average Bonchev–Trinajstić information content (AvgIpc) is 3.09. The highest BCUT2D eigenvalue weighted by atomic mass is 32.1. The molecule has 1 aromatic carbocycles. The van der Waals surface area contributed by atoms with E-state index in [0.717, 1.165) is 16.2 Å². The molecule has 0 saturated heterocycles. The van der Waals surface area contributed by atoms with E-state index in [1.165, 1.54) is 16.9 Å². The molecule has 22 heavy (non-hydrogen) atoms. The lowest BCUT2D eigenvalue weighted by Crippen LogP contribution is -2.27. The van der Waals surface area contributed by atoms with Crippen LogP contribution in [0, 0.1) is 6.92 Å². The zero-order valence-corrected chi connectivity index (χ0v) is 13.3. The van der Waals surface area contributed by atoms with Gasteiger partial charge in [0.15, 0.2) is 10.7 Å². The molecule has 3 rings (SSSR count). The van der Waals surface area contributed by atoms with E-state index in [1.807, 2.05) is 47.2 Å². The first-order valence-electron chi connectivity index (χ1n) is 7.00. The fourth-order valence-corrected chi connectivity index (χ4v) is 3.00. The number of rotatable bonds is 5. The van der Waals surface area contributed by atoms with Crippen LogP contribution >= 0.6 is 11.3 Å². The van der Waals surface area contributed by atoms with Crippen LogP contribution in [-0.4, -0.2) is 35.6 Å². The minimum absolute atomic E-state index is 0.177. The summed E-state index contributed by atoms with van der Waals surface area (Å²) in [6.07, 6.45) is 1.94. The lowest BCUT2D eigenvalue weighted by atomic mass is 10.1. The van der Waals surface area contributed by atoms with Crippen LogP contribution in [0.25, 0.3) is 16.2 Å². The second-order valence-corrected chi connectivity index (χ2v) is 5.85. The van der Waals surface area contributed by atoms with Gasteiger partial charge in [-0.25, -0.2) is 4.98 Å². The number of nitrogens with zero attached hydrogens (tertiary/aromatic N) is 2. The number of ether oxygens (including phenoxy) is 1. The lowest BCUT2D eigenvalue weighted by Gasteiger charge is -2.06. The van der Waals surface area contributed by atoms with Crippen molar-refractivity contribution in [2.45, 2.75) is 6.92 Å². The highest BCUT2D eigenvalue weighted by Crippen LogP contribution is 2.27. The summed E-state index contributed by atoms with van der Waals surface area (Å²) >= 11 is 1.51. The molecular weight excluding hydrogens is 298 g/mol. The quantitative estimate of drug-likeness (QED) is 0.737. The maximum absolute atomic E-state index is 12.4. The van der Waals surface area contributed by atoms with Gasteiger partial charge in [0.1, 0.15) is 0 Å². The number of aromatic nitrogens is 2. The van der Waals surface area contributed by atoms with Crippen LogP contribution in [0.1, 0.15) is 16.1 Å². The van der Waals surface area contributed by atoms with Crippen LogP contribution in [0.2, 0.25) is 0 Å². The smallest absolute Gasteiger partial charge is 0.272 e. The Balaban J connectivity index is 2.02. The summed E-state index contributed by atoms with van der Waals surface area (Å²) in [5.41, 5.74) is 3.44. The third kappa shape index (κ3) is 2.75. The number of amides is 1. The van der Waals surface area contributed by atoms with Crippen molar-refractivity contribution in [2.24, 2.45) is 0 Å². The second kappa shape index (κ2) is 6.29. The van der Waals surface area contributed by atoms with Crippen molar-refractivity contribution in [1.29, 1.82) is 0 Å². The number of methoxy groups -OCH3 is 1. The Hall–Kier alpha value is -2.18. The van der Waals surface area contributed by atoms with E-state index >= 15 is 0 Å². The van der Waals surface area contributed by atoms with Crippen LogP contribution in [0.3, 0.4) is 0 Å². The first-order valence-corrected chi connectivity index (χ1v) is 7.88. The van der Waals surface area contributed by atoms with Gasteiger partial charge >= 0.3 is 0 Å². The molecule has 2 heterocycles. The van der Waals surface area contributed by atoms with Crippen LogP contribution in [0.4, 0.5) is 0 Å². The van der Waals surface area contributed by atoms with Crippen LogP contribution < -0.4 is 5.32 Å². The Bertz CT molecular complexity index is 789. The summed E-state index contributed by atoms with van der Waals surface area (Å²) < 4.78 is 6.92. The molecule has 0 spiro atoms. The van der Waals surface area contributed by atoms with Crippen molar-refractivity contribution < 1.29 is 9.53 Å². The average molecular weight is 315 g/mol. The number of carbonyl (C=O) groups is 1. The molecule has 114 valence electrons. The number of aryl methyl sites for hydroxylation is 1. The van der Waals surface area contributed by atoms with Crippen molar-refractivity contribution in [1.82, 2.24) is 14.7 Å². The number of thiazole rings is 1. The van der Waals surface area contributed by atoms with E-state index < -0.39 is 0 Å². The second-order valence-electron chi connectivity index (χ2n) is 4.98. The van der Waals surface area contributed by atoms with Crippen LogP contribution in [0.5, 0.6) is 0 Å². The molecule has 0 aliphatic heterocycles. The highest BCUT2D eigenvalue weighted by Gasteiger charge is 2.20. The highest BCUT2D eigenvalue weighted by molar-refractivity contribution is 7.15. The van der Waals surface area contributed by atoms with Gasteiger partial charge in [-0.15, -0.1) is 11.3 Å². The Morgan fingerprint density at radius 3 is 2.86 bits per heavy atom. The fourth-order valence-electron chi connectivity index (χ4n) is 2.28. The first-order chi connectivity index (χ1) is 10.7. The van der Waals surface area contributed by atoms with Crippen molar-refractivity contribution in [3.8, 4) is 11.3 Å². The Morgan fingerprint density at radius 1 is 1.36 bits per heavy atom. The number of hydrogen-bond acceptors (Lipinski definition) is 4. The van der Waals surface area contributed by atoms with E-state index in [4.69, 9.17) is 4.74 Å². The molecule has 0 saturated carbocycles. The largest absolute Gasteiger partial charge is 0.383 e. The summed E-state index contributed by atoms with van der Waals surface area (Å²) in [6.45, 7) is 2.99. The van der Waals surface area contributed by atoms with Gasteiger partial charge in [0, 0.05) is 30.8 Å². The predicted octanol–water partition coefficient (Wildman–Crippen LogP) is 2.75. The van der Waals surface area contributed by atoms with Gasteiger partial charge in [-0.3, -0.25) is 9.20 Å².